The zero-order valence-electron chi connectivity index (χ0n) is 22.9. The van der Waals surface area contributed by atoms with Gasteiger partial charge in [-0.2, -0.15) is 0 Å². The lowest BCUT2D eigenvalue weighted by atomic mass is 9.96. The first-order chi connectivity index (χ1) is 19.7. The van der Waals surface area contributed by atoms with E-state index in [4.69, 9.17) is 16.3 Å². The van der Waals surface area contributed by atoms with Gasteiger partial charge in [0.2, 0.25) is 0 Å². The van der Waals surface area contributed by atoms with Crippen LogP contribution in [0.5, 0.6) is 5.75 Å². The summed E-state index contributed by atoms with van der Waals surface area (Å²) in [6, 6.07) is 21.5. The number of nitrogens with zero attached hydrogens (tertiary/aromatic N) is 3. The van der Waals surface area contributed by atoms with Gasteiger partial charge in [-0.1, -0.05) is 55.8 Å². The number of halogens is 2. The number of nitrogens with one attached hydrogen (secondary N) is 1. The van der Waals surface area contributed by atoms with E-state index < -0.39 is 5.91 Å². The van der Waals surface area contributed by atoms with Crippen LogP contribution in [0.4, 0.5) is 0 Å². The minimum Gasteiger partial charge on any atom is -0.497 e. The van der Waals surface area contributed by atoms with Gasteiger partial charge in [0.1, 0.15) is 11.4 Å². The van der Waals surface area contributed by atoms with Crippen LogP contribution in [0.15, 0.2) is 82.1 Å². The van der Waals surface area contributed by atoms with E-state index >= 15 is 0 Å². The Morgan fingerprint density at radius 3 is 2.34 bits per heavy atom. The number of hydrogen-bond donors (Lipinski definition) is 1. The second kappa shape index (κ2) is 12.0. The van der Waals surface area contributed by atoms with Crippen LogP contribution < -0.4 is 15.7 Å². The Labute approximate surface area is 251 Å². The summed E-state index contributed by atoms with van der Waals surface area (Å²) in [6.07, 6.45) is 0. The molecule has 1 aliphatic heterocycles. The number of methoxy groups -OCH3 is 1. The van der Waals surface area contributed by atoms with E-state index in [2.05, 4.69) is 21.2 Å². The molecular formula is C31H30BrClN4O4. The van der Waals surface area contributed by atoms with Gasteiger partial charge in [0.15, 0.2) is 0 Å². The molecule has 0 spiro atoms. The molecule has 1 aliphatic rings. The third-order valence-corrected chi connectivity index (χ3v) is 8.52. The molecule has 0 radical (unpaired) electrons. The topological polar surface area (TPSA) is 85.6 Å². The van der Waals surface area contributed by atoms with Crippen LogP contribution in [0.2, 0.25) is 5.02 Å². The van der Waals surface area contributed by atoms with Gasteiger partial charge in [-0.05, 0) is 69.9 Å². The molecule has 41 heavy (non-hydrogen) atoms. The van der Waals surface area contributed by atoms with Crippen LogP contribution in [0.25, 0.3) is 5.69 Å². The van der Waals surface area contributed by atoms with Crippen LogP contribution in [0.3, 0.4) is 0 Å². The fourth-order valence-electron chi connectivity index (χ4n) is 5.15. The number of benzene rings is 3. The molecule has 1 aromatic heterocycles. The van der Waals surface area contributed by atoms with E-state index in [1.54, 1.807) is 59.0 Å². The fourth-order valence-corrected chi connectivity index (χ4v) is 5.58. The predicted octanol–water partition coefficient (Wildman–Crippen LogP) is 5.85. The van der Waals surface area contributed by atoms with Gasteiger partial charge in [0.05, 0.1) is 36.1 Å². The molecule has 10 heteroatoms. The molecule has 0 saturated heterocycles. The van der Waals surface area contributed by atoms with E-state index in [1.807, 2.05) is 44.2 Å². The van der Waals surface area contributed by atoms with Crippen LogP contribution in [-0.4, -0.2) is 39.5 Å². The van der Waals surface area contributed by atoms with E-state index in [9.17, 15) is 14.4 Å². The van der Waals surface area contributed by atoms with Crippen molar-refractivity contribution < 1.29 is 14.3 Å². The zero-order chi connectivity index (χ0) is 29.3. The molecule has 0 unspecified atom stereocenters. The van der Waals surface area contributed by atoms with Gasteiger partial charge in [-0.15, -0.1) is 0 Å². The Morgan fingerprint density at radius 1 is 1.00 bits per heavy atom. The average Bonchev–Trinajstić information content (AvgIpc) is 3.28. The fraction of sp³-hybridized carbons (Fsp3) is 0.258. The molecule has 0 fully saturated rings. The second-order valence-electron chi connectivity index (χ2n) is 10.2. The molecule has 0 bridgehead atoms. The van der Waals surface area contributed by atoms with E-state index in [0.717, 1.165) is 5.56 Å². The average molecular weight is 638 g/mol. The number of rotatable bonds is 7. The van der Waals surface area contributed by atoms with Crippen molar-refractivity contribution in [1.29, 1.82) is 0 Å². The highest BCUT2D eigenvalue weighted by atomic mass is 79.9. The Hall–Kier alpha value is -3.82. The minimum absolute atomic E-state index is 0.0844. The maximum atomic E-state index is 14.1. The number of ether oxygens (including phenoxy) is 1. The standard InChI is InChI=1S/C31H30BrClN4O4/c1-19(2)27(20-7-5-4-6-8-20)34-29(38)28-26-18-35(30(39)21-9-14-24(32)25(33)17-21)15-16-36(26)31(40)37(28)22-10-12-23(41-3)13-11-22/h4-14,17,19,27H,15-16,18H2,1-3H3,(H,34,38)/t27-/m1/s1. The van der Waals surface area contributed by atoms with Gasteiger partial charge in [0, 0.05) is 23.1 Å². The first-order valence-corrected chi connectivity index (χ1v) is 14.5. The largest absolute Gasteiger partial charge is 0.497 e. The highest BCUT2D eigenvalue weighted by molar-refractivity contribution is 9.10. The summed E-state index contributed by atoms with van der Waals surface area (Å²) in [5, 5.41) is 3.60. The summed E-state index contributed by atoms with van der Waals surface area (Å²) >= 11 is 9.61. The maximum absolute atomic E-state index is 14.1. The second-order valence-corrected chi connectivity index (χ2v) is 11.5. The van der Waals surface area contributed by atoms with Crippen molar-refractivity contribution in [2.75, 3.05) is 13.7 Å². The molecule has 1 N–H and O–H groups in total. The smallest absolute Gasteiger partial charge is 0.333 e. The Bertz CT molecular complexity index is 1650. The van der Waals surface area contributed by atoms with Gasteiger partial charge in [-0.25, -0.2) is 4.79 Å². The summed E-state index contributed by atoms with van der Waals surface area (Å²) < 4.78 is 9.00. The number of carbonyl (C=O) groups is 2. The van der Waals surface area contributed by atoms with Gasteiger partial charge in [-0.3, -0.25) is 18.7 Å². The van der Waals surface area contributed by atoms with Crippen molar-refractivity contribution in [3.8, 4) is 11.4 Å². The molecule has 2 heterocycles. The van der Waals surface area contributed by atoms with Gasteiger partial charge >= 0.3 is 5.69 Å². The number of aromatic nitrogens is 2. The molecular weight excluding hydrogens is 608 g/mol. The van der Waals surface area contributed by atoms with E-state index in [1.165, 1.54) is 4.57 Å². The predicted molar refractivity (Wildman–Crippen MR) is 162 cm³/mol. The van der Waals surface area contributed by atoms with Crippen molar-refractivity contribution in [2.45, 2.75) is 33.0 Å². The normalized spacial score (nSPS) is 13.6. The highest BCUT2D eigenvalue weighted by Crippen LogP contribution is 2.27. The third kappa shape index (κ3) is 5.69. The van der Waals surface area contributed by atoms with E-state index in [-0.39, 0.29) is 42.3 Å². The first-order valence-electron chi connectivity index (χ1n) is 13.3. The first kappa shape index (κ1) is 28.7. The molecule has 0 saturated carbocycles. The lowest BCUT2D eigenvalue weighted by molar-refractivity contribution is 0.0706. The molecule has 2 amide bonds. The molecule has 212 valence electrons. The Balaban J connectivity index is 1.58. The molecule has 3 aromatic carbocycles. The van der Waals surface area contributed by atoms with Crippen molar-refractivity contribution >= 4 is 39.3 Å². The summed E-state index contributed by atoms with van der Waals surface area (Å²) in [5.41, 5.74) is 2.26. The van der Waals surface area contributed by atoms with Crippen LogP contribution in [0, 0.1) is 5.92 Å². The summed E-state index contributed by atoms with van der Waals surface area (Å²) in [5.74, 6) is 0.0908. The van der Waals surface area contributed by atoms with Crippen LogP contribution in [0.1, 0.15) is 52.0 Å². The quantitative estimate of drug-likeness (QED) is 0.276. The number of imidazole rings is 1. The number of hydrogen-bond acceptors (Lipinski definition) is 4. The zero-order valence-corrected chi connectivity index (χ0v) is 25.3. The SMILES string of the molecule is COc1ccc(-n2c(C(=O)N[C@@H](c3ccccc3)C(C)C)c3n(c2=O)CCN(C(=O)c2ccc(Br)c(Cl)c2)C3)cc1. The van der Waals surface area contributed by atoms with Crippen molar-refractivity contribution in [1.82, 2.24) is 19.4 Å². The Kier molecular flexibility index (Phi) is 8.37. The number of fused-ring (bicyclic) bond motifs is 1. The number of carbonyl (C=O) groups excluding carboxylic acids is 2. The van der Waals surface area contributed by atoms with Crippen LogP contribution >= 0.6 is 27.5 Å². The molecule has 8 nitrogen and oxygen atoms in total. The summed E-state index contributed by atoms with van der Waals surface area (Å²) in [7, 11) is 1.57. The maximum Gasteiger partial charge on any atom is 0.333 e. The number of amides is 2. The van der Waals surface area contributed by atoms with Crippen molar-refractivity contribution in [3.63, 3.8) is 0 Å². The molecule has 5 rings (SSSR count). The third-order valence-electron chi connectivity index (χ3n) is 7.29. The van der Waals surface area contributed by atoms with Gasteiger partial charge < -0.3 is 15.0 Å². The van der Waals surface area contributed by atoms with Crippen LogP contribution in [-0.2, 0) is 13.1 Å². The minimum atomic E-state index is -0.393. The van der Waals surface area contributed by atoms with E-state index in [0.29, 0.717) is 38.7 Å². The molecule has 1 atom stereocenters. The molecule has 4 aromatic rings. The molecule has 0 aliphatic carbocycles. The van der Waals surface area contributed by atoms with Gasteiger partial charge in [0.25, 0.3) is 11.8 Å². The van der Waals surface area contributed by atoms with Crippen molar-refractivity contribution in [3.05, 3.63) is 115 Å². The summed E-state index contributed by atoms with van der Waals surface area (Å²) in [4.78, 5) is 43.1. The monoisotopic (exact) mass is 636 g/mol. The van der Waals surface area contributed by atoms with Crippen molar-refractivity contribution in [2.24, 2.45) is 5.92 Å². The lowest BCUT2D eigenvalue weighted by Gasteiger charge is -2.29. The lowest BCUT2D eigenvalue weighted by Crippen LogP contribution is -2.41. The highest BCUT2D eigenvalue weighted by Gasteiger charge is 2.33. The summed E-state index contributed by atoms with van der Waals surface area (Å²) in [6.45, 7) is 4.72. The Morgan fingerprint density at radius 2 is 1.71 bits per heavy atom.